The lowest BCUT2D eigenvalue weighted by atomic mass is 10.0. The summed E-state index contributed by atoms with van der Waals surface area (Å²) in [4.78, 5) is 0. The first-order valence-electron chi connectivity index (χ1n) is 8.27. The second-order valence-corrected chi connectivity index (χ2v) is 5.67. The summed E-state index contributed by atoms with van der Waals surface area (Å²) in [5, 5.41) is 0. The third kappa shape index (κ3) is 14.0. The molecule has 2 heteroatoms. The molecule has 0 saturated carbocycles. The van der Waals surface area contributed by atoms with E-state index < -0.39 is 0 Å². The maximum absolute atomic E-state index is 5.78. The van der Waals surface area contributed by atoms with Crippen LogP contribution in [0.15, 0.2) is 0 Å². The predicted molar refractivity (Wildman–Crippen MR) is 82.7 cm³/mol. The SMILES string of the molecule is CCCCCCCCCCCCCCC(N)CN. The monoisotopic (exact) mass is 256 g/mol. The van der Waals surface area contributed by atoms with E-state index in [0.29, 0.717) is 6.54 Å². The van der Waals surface area contributed by atoms with E-state index in [1.807, 2.05) is 0 Å². The molecule has 0 aliphatic heterocycles. The highest BCUT2D eigenvalue weighted by Crippen LogP contribution is 2.12. The van der Waals surface area contributed by atoms with Gasteiger partial charge < -0.3 is 11.5 Å². The molecule has 0 aromatic rings. The van der Waals surface area contributed by atoms with Crippen molar-refractivity contribution in [2.45, 2.75) is 96.4 Å². The topological polar surface area (TPSA) is 52.0 Å². The van der Waals surface area contributed by atoms with Crippen LogP contribution in [0.25, 0.3) is 0 Å². The van der Waals surface area contributed by atoms with Crippen molar-refractivity contribution in [2.24, 2.45) is 11.5 Å². The molecule has 0 amide bonds. The fourth-order valence-electron chi connectivity index (χ4n) is 2.37. The predicted octanol–water partition coefficient (Wildman–Crippen LogP) is 4.36. The normalized spacial score (nSPS) is 12.8. The average Bonchev–Trinajstić information content (AvgIpc) is 2.39. The van der Waals surface area contributed by atoms with Crippen LogP contribution >= 0.6 is 0 Å². The highest BCUT2D eigenvalue weighted by Gasteiger charge is 1.98. The lowest BCUT2D eigenvalue weighted by Crippen LogP contribution is -2.29. The Hall–Kier alpha value is -0.0800. The van der Waals surface area contributed by atoms with Gasteiger partial charge in [-0.05, 0) is 6.42 Å². The molecule has 0 bridgehead atoms. The fraction of sp³-hybridized carbons (Fsp3) is 1.00. The van der Waals surface area contributed by atoms with E-state index in [2.05, 4.69) is 6.92 Å². The van der Waals surface area contributed by atoms with E-state index in [9.17, 15) is 0 Å². The van der Waals surface area contributed by atoms with Gasteiger partial charge in [-0.2, -0.15) is 0 Å². The summed E-state index contributed by atoms with van der Waals surface area (Å²) < 4.78 is 0. The molecule has 0 aliphatic carbocycles. The summed E-state index contributed by atoms with van der Waals surface area (Å²) >= 11 is 0. The molecule has 4 N–H and O–H groups in total. The first-order chi connectivity index (χ1) is 8.81. The minimum Gasteiger partial charge on any atom is -0.329 e. The summed E-state index contributed by atoms with van der Waals surface area (Å²) in [6.07, 6.45) is 17.9. The van der Waals surface area contributed by atoms with Gasteiger partial charge in [-0.3, -0.25) is 0 Å². The molecule has 110 valence electrons. The molecule has 2 nitrogen and oxygen atoms in total. The third-order valence-electron chi connectivity index (χ3n) is 3.73. The summed E-state index contributed by atoms with van der Waals surface area (Å²) in [6, 6.07) is 0.230. The van der Waals surface area contributed by atoms with Gasteiger partial charge in [-0.1, -0.05) is 84.0 Å². The van der Waals surface area contributed by atoms with Crippen LogP contribution in [-0.4, -0.2) is 12.6 Å². The van der Waals surface area contributed by atoms with Gasteiger partial charge in [0.1, 0.15) is 0 Å². The number of hydrogen-bond donors (Lipinski definition) is 2. The van der Waals surface area contributed by atoms with Crippen molar-refractivity contribution in [1.82, 2.24) is 0 Å². The van der Waals surface area contributed by atoms with Gasteiger partial charge in [0.05, 0.1) is 0 Å². The molecular weight excluding hydrogens is 220 g/mol. The van der Waals surface area contributed by atoms with E-state index in [1.165, 1.54) is 77.0 Å². The van der Waals surface area contributed by atoms with Gasteiger partial charge in [0.2, 0.25) is 0 Å². The highest BCUT2D eigenvalue weighted by atomic mass is 14.7. The lowest BCUT2D eigenvalue weighted by molar-refractivity contribution is 0.520. The van der Waals surface area contributed by atoms with Crippen LogP contribution < -0.4 is 11.5 Å². The Kier molecular flexibility index (Phi) is 14.9. The number of hydrogen-bond acceptors (Lipinski definition) is 2. The second-order valence-electron chi connectivity index (χ2n) is 5.67. The molecule has 0 aliphatic rings. The van der Waals surface area contributed by atoms with Crippen molar-refractivity contribution >= 4 is 0 Å². The molecule has 0 saturated heterocycles. The molecule has 0 spiro atoms. The summed E-state index contributed by atoms with van der Waals surface area (Å²) in [5.74, 6) is 0. The number of unbranched alkanes of at least 4 members (excludes halogenated alkanes) is 11. The van der Waals surface area contributed by atoms with Crippen LogP contribution in [0.1, 0.15) is 90.4 Å². The molecule has 0 aromatic heterocycles. The van der Waals surface area contributed by atoms with E-state index >= 15 is 0 Å². The van der Waals surface area contributed by atoms with Crippen molar-refractivity contribution in [2.75, 3.05) is 6.54 Å². The largest absolute Gasteiger partial charge is 0.329 e. The van der Waals surface area contributed by atoms with Crippen LogP contribution in [0.5, 0.6) is 0 Å². The molecular formula is C16H36N2. The molecule has 0 rings (SSSR count). The Morgan fingerprint density at radius 1 is 0.667 bits per heavy atom. The molecule has 0 heterocycles. The van der Waals surface area contributed by atoms with Crippen LogP contribution in [0, 0.1) is 0 Å². The van der Waals surface area contributed by atoms with E-state index in [0.717, 1.165) is 6.42 Å². The Bertz CT molecular complexity index is 148. The summed E-state index contributed by atoms with van der Waals surface area (Å²) in [5.41, 5.74) is 11.3. The molecule has 1 atom stereocenters. The zero-order valence-electron chi connectivity index (χ0n) is 12.6. The van der Waals surface area contributed by atoms with Gasteiger partial charge in [-0.25, -0.2) is 0 Å². The minimum atomic E-state index is 0.230. The third-order valence-corrected chi connectivity index (χ3v) is 3.73. The lowest BCUT2D eigenvalue weighted by Gasteiger charge is -2.07. The van der Waals surface area contributed by atoms with E-state index in [4.69, 9.17) is 11.5 Å². The molecule has 0 aromatic carbocycles. The molecule has 1 unspecified atom stereocenters. The fourth-order valence-corrected chi connectivity index (χ4v) is 2.37. The first-order valence-corrected chi connectivity index (χ1v) is 8.27. The Morgan fingerprint density at radius 3 is 1.44 bits per heavy atom. The zero-order chi connectivity index (χ0) is 13.5. The molecule has 0 fully saturated rings. The Balaban J connectivity index is 2.94. The number of rotatable bonds is 14. The van der Waals surface area contributed by atoms with Crippen LogP contribution in [0.3, 0.4) is 0 Å². The van der Waals surface area contributed by atoms with Gasteiger partial charge in [0.25, 0.3) is 0 Å². The van der Waals surface area contributed by atoms with Crippen molar-refractivity contribution < 1.29 is 0 Å². The molecule has 0 radical (unpaired) electrons. The average molecular weight is 256 g/mol. The minimum absolute atomic E-state index is 0.230. The maximum Gasteiger partial charge on any atom is 0.0163 e. The van der Waals surface area contributed by atoms with E-state index in [-0.39, 0.29) is 6.04 Å². The van der Waals surface area contributed by atoms with Gasteiger partial charge in [0, 0.05) is 12.6 Å². The first kappa shape index (κ1) is 17.9. The van der Waals surface area contributed by atoms with Crippen LogP contribution in [0.4, 0.5) is 0 Å². The summed E-state index contributed by atoms with van der Waals surface area (Å²) in [6.45, 7) is 2.92. The van der Waals surface area contributed by atoms with Crippen LogP contribution in [-0.2, 0) is 0 Å². The van der Waals surface area contributed by atoms with Gasteiger partial charge >= 0.3 is 0 Å². The maximum atomic E-state index is 5.78. The Labute approximate surface area is 115 Å². The van der Waals surface area contributed by atoms with Crippen molar-refractivity contribution in [3.05, 3.63) is 0 Å². The zero-order valence-corrected chi connectivity index (χ0v) is 12.6. The van der Waals surface area contributed by atoms with Crippen molar-refractivity contribution in [1.29, 1.82) is 0 Å². The van der Waals surface area contributed by atoms with Crippen molar-refractivity contribution in [3.8, 4) is 0 Å². The second kappa shape index (κ2) is 15.0. The smallest absolute Gasteiger partial charge is 0.0163 e. The van der Waals surface area contributed by atoms with Gasteiger partial charge in [-0.15, -0.1) is 0 Å². The number of nitrogens with two attached hydrogens (primary N) is 2. The highest BCUT2D eigenvalue weighted by molar-refractivity contribution is 4.61. The standard InChI is InChI=1S/C16H36N2/c1-2-3-4-5-6-7-8-9-10-11-12-13-14-16(18)15-17/h16H,2-15,17-18H2,1H3. The Morgan fingerprint density at radius 2 is 1.06 bits per heavy atom. The van der Waals surface area contributed by atoms with E-state index in [1.54, 1.807) is 0 Å². The summed E-state index contributed by atoms with van der Waals surface area (Å²) in [7, 11) is 0. The van der Waals surface area contributed by atoms with Crippen molar-refractivity contribution in [3.63, 3.8) is 0 Å². The quantitative estimate of drug-likeness (QED) is 0.454. The van der Waals surface area contributed by atoms with Crippen LogP contribution in [0.2, 0.25) is 0 Å². The van der Waals surface area contributed by atoms with Gasteiger partial charge in [0.15, 0.2) is 0 Å². The molecule has 18 heavy (non-hydrogen) atoms.